The van der Waals surface area contributed by atoms with E-state index in [2.05, 4.69) is 5.32 Å². The second kappa shape index (κ2) is 5.49. The maximum Gasteiger partial charge on any atom is 0.251 e. The standard InChI is InChI=1S/C14H14FNO2/c1-10-9-11(15)4-5-13(10)14(17)16-7-6-12-3-2-8-18-12/h2-5,8-9H,6-7H2,1H3,(H,16,17). The van der Waals surface area contributed by atoms with Gasteiger partial charge in [-0.2, -0.15) is 0 Å². The fourth-order valence-electron chi connectivity index (χ4n) is 1.73. The van der Waals surface area contributed by atoms with Crippen molar-refractivity contribution in [2.45, 2.75) is 13.3 Å². The van der Waals surface area contributed by atoms with Crippen molar-refractivity contribution < 1.29 is 13.6 Å². The van der Waals surface area contributed by atoms with Gasteiger partial charge < -0.3 is 9.73 Å². The molecule has 1 aromatic carbocycles. The Bertz CT molecular complexity index is 535. The number of furan rings is 1. The molecule has 94 valence electrons. The molecule has 2 rings (SSSR count). The lowest BCUT2D eigenvalue weighted by Gasteiger charge is -2.06. The van der Waals surface area contributed by atoms with E-state index in [4.69, 9.17) is 4.42 Å². The molecule has 18 heavy (non-hydrogen) atoms. The van der Waals surface area contributed by atoms with Gasteiger partial charge in [0, 0.05) is 18.5 Å². The molecule has 0 atom stereocenters. The average molecular weight is 247 g/mol. The van der Waals surface area contributed by atoms with Crippen molar-refractivity contribution in [2.24, 2.45) is 0 Å². The van der Waals surface area contributed by atoms with Gasteiger partial charge in [0.15, 0.2) is 0 Å². The van der Waals surface area contributed by atoms with Crippen LogP contribution in [0.25, 0.3) is 0 Å². The van der Waals surface area contributed by atoms with Crippen molar-refractivity contribution in [3.05, 3.63) is 59.3 Å². The van der Waals surface area contributed by atoms with E-state index < -0.39 is 0 Å². The molecule has 0 saturated carbocycles. The van der Waals surface area contributed by atoms with Crippen LogP contribution in [-0.2, 0) is 6.42 Å². The zero-order valence-corrected chi connectivity index (χ0v) is 10.1. The third-order valence-electron chi connectivity index (χ3n) is 2.67. The third kappa shape index (κ3) is 2.97. The van der Waals surface area contributed by atoms with Gasteiger partial charge in [0.2, 0.25) is 0 Å². The largest absolute Gasteiger partial charge is 0.469 e. The van der Waals surface area contributed by atoms with Gasteiger partial charge in [-0.15, -0.1) is 0 Å². The Balaban J connectivity index is 1.91. The summed E-state index contributed by atoms with van der Waals surface area (Å²) in [7, 11) is 0. The van der Waals surface area contributed by atoms with Crippen molar-refractivity contribution in [3.8, 4) is 0 Å². The van der Waals surface area contributed by atoms with E-state index in [1.165, 1.54) is 18.2 Å². The Morgan fingerprint density at radius 3 is 2.89 bits per heavy atom. The highest BCUT2D eigenvalue weighted by molar-refractivity contribution is 5.95. The minimum atomic E-state index is -0.334. The Morgan fingerprint density at radius 1 is 1.39 bits per heavy atom. The molecule has 3 nitrogen and oxygen atoms in total. The van der Waals surface area contributed by atoms with Crippen molar-refractivity contribution >= 4 is 5.91 Å². The van der Waals surface area contributed by atoms with E-state index in [0.29, 0.717) is 24.1 Å². The SMILES string of the molecule is Cc1cc(F)ccc1C(=O)NCCc1ccco1. The highest BCUT2D eigenvalue weighted by Gasteiger charge is 2.09. The van der Waals surface area contributed by atoms with Crippen LogP contribution in [-0.4, -0.2) is 12.5 Å². The lowest BCUT2D eigenvalue weighted by Crippen LogP contribution is -2.26. The summed E-state index contributed by atoms with van der Waals surface area (Å²) < 4.78 is 18.1. The normalized spacial score (nSPS) is 10.3. The van der Waals surface area contributed by atoms with Crippen molar-refractivity contribution in [2.75, 3.05) is 6.54 Å². The molecule has 1 aromatic heterocycles. The summed E-state index contributed by atoms with van der Waals surface area (Å²) in [6.07, 6.45) is 2.24. The number of carbonyl (C=O) groups is 1. The lowest BCUT2D eigenvalue weighted by atomic mass is 10.1. The quantitative estimate of drug-likeness (QED) is 0.902. The monoisotopic (exact) mass is 247 g/mol. The Kier molecular flexibility index (Phi) is 3.77. The first kappa shape index (κ1) is 12.4. The summed E-state index contributed by atoms with van der Waals surface area (Å²) in [4.78, 5) is 11.8. The molecule has 0 saturated heterocycles. The second-order valence-electron chi connectivity index (χ2n) is 4.04. The van der Waals surface area contributed by atoms with Gasteiger partial charge in [-0.05, 0) is 42.8 Å². The summed E-state index contributed by atoms with van der Waals surface area (Å²) in [6, 6.07) is 7.79. The number of amides is 1. The van der Waals surface area contributed by atoms with E-state index in [-0.39, 0.29) is 11.7 Å². The highest BCUT2D eigenvalue weighted by Crippen LogP contribution is 2.10. The van der Waals surface area contributed by atoms with E-state index >= 15 is 0 Å². The molecule has 0 aliphatic heterocycles. The van der Waals surface area contributed by atoms with Crippen molar-refractivity contribution in [1.82, 2.24) is 5.32 Å². The van der Waals surface area contributed by atoms with Gasteiger partial charge in [-0.1, -0.05) is 0 Å². The van der Waals surface area contributed by atoms with Crippen LogP contribution < -0.4 is 5.32 Å². The van der Waals surface area contributed by atoms with Crippen LogP contribution >= 0.6 is 0 Å². The molecular formula is C14H14FNO2. The average Bonchev–Trinajstić information content (AvgIpc) is 2.81. The fraction of sp³-hybridized carbons (Fsp3) is 0.214. The summed E-state index contributed by atoms with van der Waals surface area (Å²) in [6.45, 7) is 2.20. The molecule has 0 spiro atoms. The predicted octanol–water partition coefficient (Wildman–Crippen LogP) is 2.70. The summed E-state index contributed by atoms with van der Waals surface area (Å²) in [5.41, 5.74) is 1.13. The van der Waals surface area contributed by atoms with Gasteiger partial charge in [0.25, 0.3) is 5.91 Å². The highest BCUT2D eigenvalue weighted by atomic mass is 19.1. The topological polar surface area (TPSA) is 42.2 Å². The number of benzene rings is 1. The Labute approximate surface area is 105 Å². The first-order valence-electron chi connectivity index (χ1n) is 5.73. The number of hydrogen-bond donors (Lipinski definition) is 1. The van der Waals surface area contributed by atoms with E-state index in [0.717, 1.165) is 5.76 Å². The molecule has 0 aliphatic rings. The minimum Gasteiger partial charge on any atom is -0.469 e. The van der Waals surface area contributed by atoms with Gasteiger partial charge in [0.05, 0.1) is 6.26 Å². The number of halogens is 1. The predicted molar refractivity (Wildman–Crippen MR) is 65.9 cm³/mol. The minimum absolute atomic E-state index is 0.195. The van der Waals surface area contributed by atoms with Crippen LogP contribution in [0.1, 0.15) is 21.7 Å². The van der Waals surface area contributed by atoms with Crippen LogP contribution in [0.3, 0.4) is 0 Å². The van der Waals surface area contributed by atoms with Crippen LogP contribution in [0.15, 0.2) is 41.0 Å². The summed E-state index contributed by atoms with van der Waals surface area (Å²) in [5, 5.41) is 2.78. The van der Waals surface area contributed by atoms with Gasteiger partial charge in [-0.25, -0.2) is 4.39 Å². The molecule has 0 fully saturated rings. The number of hydrogen-bond acceptors (Lipinski definition) is 2. The lowest BCUT2D eigenvalue weighted by molar-refractivity contribution is 0.0953. The molecule has 0 unspecified atom stereocenters. The summed E-state index contributed by atoms with van der Waals surface area (Å²) in [5.74, 6) is 0.296. The van der Waals surface area contributed by atoms with Gasteiger partial charge in [-0.3, -0.25) is 4.79 Å². The zero-order chi connectivity index (χ0) is 13.0. The molecule has 1 N–H and O–H groups in total. The second-order valence-corrected chi connectivity index (χ2v) is 4.04. The van der Waals surface area contributed by atoms with Crippen LogP contribution in [0.5, 0.6) is 0 Å². The molecular weight excluding hydrogens is 233 g/mol. The molecule has 0 radical (unpaired) electrons. The summed E-state index contributed by atoms with van der Waals surface area (Å²) >= 11 is 0. The maximum atomic E-state index is 12.9. The molecule has 2 aromatic rings. The number of rotatable bonds is 4. The molecule has 1 amide bonds. The number of nitrogens with one attached hydrogen (secondary N) is 1. The smallest absolute Gasteiger partial charge is 0.251 e. The van der Waals surface area contributed by atoms with Gasteiger partial charge in [0.1, 0.15) is 11.6 Å². The third-order valence-corrected chi connectivity index (χ3v) is 2.67. The number of carbonyl (C=O) groups excluding carboxylic acids is 1. The van der Waals surface area contributed by atoms with Crippen LogP contribution in [0.4, 0.5) is 4.39 Å². The molecule has 4 heteroatoms. The number of aryl methyl sites for hydroxylation is 1. The van der Waals surface area contributed by atoms with Crippen molar-refractivity contribution in [3.63, 3.8) is 0 Å². The van der Waals surface area contributed by atoms with Gasteiger partial charge >= 0.3 is 0 Å². The van der Waals surface area contributed by atoms with E-state index in [1.54, 1.807) is 19.3 Å². The molecule has 0 aliphatic carbocycles. The van der Waals surface area contributed by atoms with Crippen LogP contribution in [0, 0.1) is 12.7 Å². The zero-order valence-electron chi connectivity index (χ0n) is 10.1. The first-order chi connectivity index (χ1) is 8.66. The Morgan fingerprint density at radius 2 is 2.22 bits per heavy atom. The first-order valence-corrected chi connectivity index (χ1v) is 5.73. The maximum absolute atomic E-state index is 12.9. The van der Waals surface area contributed by atoms with Crippen LogP contribution in [0.2, 0.25) is 0 Å². The van der Waals surface area contributed by atoms with Crippen molar-refractivity contribution in [1.29, 1.82) is 0 Å². The Hall–Kier alpha value is -2.10. The molecule has 0 bridgehead atoms. The fourth-order valence-corrected chi connectivity index (χ4v) is 1.73. The van der Waals surface area contributed by atoms with E-state index in [9.17, 15) is 9.18 Å². The molecule has 1 heterocycles. The van der Waals surface area contributed by atoms with E-state index in [1.807, 2.05) is 6.07 Å².